The first-order valence-corrected chi connectivity index (χ1v) is 10.3. The van der Waals surface area contributed by atoms with Crippen LogP contribution in [-0.4, -0.2) is 29.3 Å². The van der Waals surface area contributed by atoms with Crippen molar-refractivity contribution in [2.75, 3.05) is 11.9 Å². The van der Waals surface area contributed by atoms with Gasteiger partial charge in [-0.3, -0.25) is 14.5 Å². The summed E-state index contributed by atoms with van der Waals surface area (Å²) in [5, 5.41) is 5.25. The van der Waals surface area contributed by atoms with Crippen molar-refractivity contribution in [2.24, 2.45) is 0 Å². The van der Waals surface area contributed by atoms with Gasteiger partial charge in [0.15, 0.2) is 0 Å². The predicted octanol–water partition coefficient (Wildman–Crippen LogP) is 4.33. The minimum atomic E-state index is -1.38. The topological polar surface area (TPSA) is 87.7 Å². The molecule has 8 heteroatoms. The van der Waals surface area contributed by atoms with E-state index < -0.39 is 35.7 Å². The van der Waals surface area contributed by atoms with Gasteiger partial charge in [-0.2, -0.15) is 0 Å². The lowest BCUT2D eigenvalue weighted by Gasteiger charge is -2.22. The maximum atomic E-state index is 13.2. The Bertz CT molecular complexity index is 1210. The average Bonchev–Trinajstić information content (AvgIpc) is 2.99. The molecule has 2 N–H and O–H groups in total. The molecule has 1 aliphatic heterocycles. The molecular formula is C25H22FN3O4. The van der Waals surface area contributed by atoms with E-state index in [0.717, 1.165) is 10.5 Å². The summed E-state index contributed by atoms with van der Waals surface area (Å²) >= 11 is 0. The van der Waals surface area contributed by atoms with Gasteiger partial charge in [0.05, 0.1) is 0 Å². The van der Waals surface area contributed by atoms with E-state index >= 15 is 0 Å². The SMILES string of the molecule is Cc1cccc(Oc2ccc(NC(=O)CN3C(=O)NC(C)(c4ccc(F)cc4)C3=O)cc2)c1. The van der Waals surface area contributed by atoms with Gasteiger partial charge in [0.25, 0.3) is 5.91 Å². The number of amides is 4. The van der Waals surface area contributed by atoms with Gasteiger partial charge in [0, 0.05) is 5.69 Å². The Hall–Kier alpha value is -4.20. The van der Waals surface area contributed by atoms with Crippen LogP contribution < -0.4 is 15.4 Å². The summed E-state index contributed by atoms with van der Waals surface area (Å²) in [6.07, 6.45) is 0. The zero-order valence-corrected chi connectivity index (χ0v) is 18.1. The Labute approximate surface area is 190 Å². The van der Waals surface area contributed by atoms with Crippen LogP contribution in [-0.2, 0) is 15.1 Å². The minimum absolute atomic E-state index is 0.425. The molecule has 0 bridgehead atoms. The van der Waals surface area contributed by atoms with E-state index in [4.69, 9.17) is 4.74 Å². The maximum Gasteiger partial charge on any atom is 0.325 e. The second-order valence-corrected chi connectivity index (χ2v) is 7.94. The molecule has 1 unspecified atom stereocenters. The van der Waals surface area contributed by atoms with Gasteiger partial charge in [-0.25, -0.2) is 9.18 Å². The maximum absolute atomic E-state index is 13.2. The van der Waals surface area contributed by atoms with Gasteiger partial charge >= 0.3 is 6.03 Å². The third kappa shape index (κ3) is 4.69. The number of carbonyl (C=O) groups excluding carboxylic acids is 3. The van der Waals surface area contributed by atoms with Crippen molar-refractivity contribution in [3.05, 3.63) is 89.7 Å². The van der Waals surface area contributed by atoms with E-state index in [1.165, 1.54) is 31.2 Å². The van der Waals surface area contributed by atoms with Gasteiger partial charge in [-0.15, -0.1) is 0 Å². The summed E-state index contributed by atoms with van der Waals surface area (Å²) < 4.78 is 19.0. The highest BCUT2D eigenvalue weighted by Gasteiger charge is 2.49. The van der Waals surface area contributed by atoms with E-state index in [1.54, 1.807) is 24.3 Å². The lowest BCUT2D eigenvalue weighted by molar-refractivity contribution is -0.133. The van der Waals surface area contributed by atoms with Gasteiger partial charge in [-0.05, 0) is 73.5 Å². The van der Waals surface area contributed by atoms with Gasteiger partial charge in [0.1, 0.15) is 29.4 Å². The van der Waals surface area contributed by atoms with Crippen LogP contribution in [0.25, 0.3) is 0 Å². The Morgan fingerprint density at radius 1 is 1.03 bits per heavy atom. The number of aryl methyl sites for hydroxylation is 1. The van der Waals surface area contributed by atoms with Crippen LogP contribution in [0.15, 0.2) is 72.8 Å². The number of ether oxygens (including phenoxy) is 1. The van der Waals surface area contributed by atoms with Gasteiger partial charge in [0.2, 0.25) is 5.91 Å². The second-order valence-electron chi connectivity index (χ2n) is 7.94. The molecule has 33 heavy (non-hydrogen) atoms. The predicted molar refractivity (Wildman–Crippen MR) is 120 cm³/mol. The first kappa shape index (κ1) is 22.0. The van der Waals surface area contributed by atoms with E-state index in [1.807, 2.05) is 31.2 Å². The molecule has 1 heterocycles. The minimum Gasteiger partial charge on any atom is -0.457 e. The molecule has 3 aromatic carbocycles. The summed E-state index contributed by atoms with van der Waals surface area (Å²) in [6.45, 7) is 3.04. The number of nitrogens with zero attached hydrogens (tertiary/aromatic N) is 1. The van der Waals surface area contributed by atoms with Gasteiger partial charge < -0.3 is 15.4 Å². The monoisotopic (exact) mass is 447 g/mol. The van der Waals surface area contributed by atoms with Crippen molar-refractivity contribution >= 4 is 23.5 Å². The average molecular weight is 447 g/mol. The van der Waals surface area contributed by atoms with E-state index in [9.17, 15) is 18.8 Å². The van der Waals surface area contributed by atoms with Crippen molar-refractivity contribution < 1.29 is 23.5 Å². The van der Waals surface area contributed by atoms with Crippen molar-refractivity contribution in [1.82, 2.24) is 10.2 Å². The highest BCUT2D eigenvalue weighted by atomic mass is 19.1. The zero-order chi connectivity index (χ0) is 23.6. The number of hydrogen-bond acceptors (Lipinski definition) is 4. The molecule has 1 saturated heterocycles. The summed E-state index contributed by atoms with van der Waals surface area (Å²) in [7, 11) is 0. The summed E-state index contributed by atoms with van der Waals surface area (Å²) in [5.74, 6) is -0.270. The third-order valence-electron chi connectivity index (χ3n) is 5.36. The van der Waals surface area contributed by atoms with Crippen LogP contribution in [0.4, 0.5) is 14.9 Å². The number of carbonyl (C=O) groups is 3. The van der Waals surface area contributed by atoms with Crippen LogP contribution in [0.2, 0.25) is 0 Å². The van der Waals surface area contributed by atoms with Crippen LogP contribution in [0.3, 0.4) is 0 Å². The Kier molecular flexibility index (Phi) is 5.83. The molecule has 3 aromatic rings. The van der Waals surface area contributed by atoms with Crippen LogP contribution in [0, 0.1) is 12.7 Å². The molecule has 0 radical (unpaired) electrons. The van der Waals surface area contributed by atoms with Crippen LogP contribution in [0.5, 0.6) is 11.5 Å². The normalized spacial score (nSPS) is 17.6. The number of anilines is 1. The molecule has 4 amide bonds. The molecule has 1 fully saturated rings. The standard InChI is InChI=1S/C25H22FN3O4/c1-16-4-3-5-21(14-16)33-20-12-10-19(11-13-20)27-22(30)15-29-23(31)25(2,28-24(29)32)17-6-8-18(26)9-7-17/h3-14H,15H2,1-2H3,(H,27,30)(H,28,32). The van der Waals surface area contributed by atoms with E-state index in [0.29, 0.717) is 22.7 Å². The van der Waals surface area contributed by atoms with Crippen LogP contribution in [0.1, 0.15) is 18.1 Å². The Balaban J connectivity index is 1.38. The molecule has 0 saturated carbocycles. The Morgan fingerprint density at radius 2 is 1.73 bits per heavy atom. The lowest BCUT2D eigenvalue weighted by atomic mass is 9.92. The molecule has 0 spiro atoms. The zero-order valence-electron chi connectivity index (χ0n) is 18.1. The number of benzene rings is 3. The molecule has 0 aromatic heterocycles. The Morgan fingerprint density at radius 3 is 2.39 bits per heavy atom. The number of hydrogen-bond donors (Lipinski definition) is 2. The van der Waals surface area contributed by atoms with Crippen molar-refractivity contribution in [3.63, 3.8) is 0 Å². The largest absolute Gasteiger partial charge is 0.457 e. The highest BCUT2D eigenvalue weighted by Crippen LogP contribution is 2.29. The molecule has 0 aliphatic carbocycles. The quantitative estimate of drug-likeness (QED) is 0.551. The molecule has 7 nitrogen and oxygen atoms in total. The molecule has 168 valence electrons. The van der Waals surface area contributed by atoms with Crippen LogP contribution >= 0.6 is 0 Å². The number of halogens is 1. The summed E-state index contributed by atoms with van der Waals surface area (Å²) in [6, 6.07) is 19.0. The highest BCUT2D eigenvalue weighted by molar-refractivity contribution is 6.10. The third-order valence-corrected chi connectivity index (χ3v) is 5.36. The van der Waals surface area contributed by atoms with Crippen molar-refractivity contribution in [1.29, 1.82) is 0 Å². The lowest BCUT2D eigenvalue weighted by Crippen LogP contribution is -2.42. The first-order chi connectivity index (χ1) is 15.7. The number of imide groups is 1. The summed E-state index contributed by atoms with van der Waals surface area (Å²) in [5.41, 5.74) is 0.617. The molecule has 1 aliphatic rings. The fourth-order valence-electron chi connectivity index (χ4n) is 3.58. The van der Waals surface area contributed by atoms with Crippen molar-refractivity contribution in [2.45, 2.75) is 19.4 Å². The first-order valence-electron chi connectivity index (χ1n) is 10.3. The van der Waals surface area contributed by atoms with Gasteiger partial charge in [-0.1, -0.05) is 24.3 Å². The fraction of sp³-hybridized carbons (Fsp3) is 0.160. The number of nitrogens with one attached hydrogen (secondary N) is 2. The number of urea groups is 1. The van der Waals surface area contributed by atoms with E-state index in [-0.39, 0.29) is 0 Å². The van der Waals surface area contributed by atoms with E-state index in [2.05, 4.69) is 10.6 Å². The van der Waals surface area contributed by atoms with Crippen molar-refractivity contribution in [3.8, 4) is 11.5 Å². The molecule has 1 atom stereocenters. The molecule has 4 rings (SSSR count). The second kappa shape index (κ2) is 8.74. The fourth-order valence-corrected chi connectivity index (χ4v) is 3.58. The smallest absolute Gasteiger partial charge is 0.325 e. The molecular weight excluding hydrogens is 425 g/mol. The summed E-state index contributed by atoms with van der Waals surface area (Å²) in [4.78, 5) is 38.6. The number of rotatable bonds is 6.